The Morgan fingerprint density at radius 2 is 1.32 bits per heavy atom. The lowest BCUT2D eigenvalue weighted by atomic mass is 10.1. The Morgan fingerprint density at radius 1 is 0.864 bits per heavy atom. The maximum Gasteiger partial charge on any atom is 0.330 e. The molecule has 2 nitrogen and oxygen atoms in total. The molecule has 0 spiro atoms. The van der Waals surface area contributed by atoms with E-state index in [0.29, 0.717) is 6.61 Å². The third-order valence-electron chi connectivity index (χ3n) is 3.94. The van der Waals surface area contributed by atoms with E-state index < -0.39 is 0 Å². The number of hydrogen-bond donors (Lipinski definition) is 0. The molecule has 0 aromatic heterocycles. The van der Waals surface area contributed by atoms with Gasteiger partial charge in [-0.3, -0.25) is 4.39 Å². The molecule has 0 aliphatic heterocycles. The predicted octanol–water partition coefficient (Wildman–Crippen LogP) is 4.91. The first kappa shape index (κ1) is 21.4. The molecule has 0 heterocycles. The second-order valence-corrected chi connectivity index (χ2v) is 7.80. The number of halogens is 1. The summed E-state index contributed by atoms with van der Waals surface area (Å²) in [7, 11) is -0.341. The Morgan fingerprint density at radius 3 is 1.77 bits per heavy atom. The van der Waals surface area contributed by atoms with Gasteiger partial charge in [0.15, 0.2) is 0 Å². The monoisotopic (exact) mass is 330 g/mol. The highest BCUT2D eigenvalue weighted by molar-refractivity contribution is 6.35. The Balaban J connectivity index is 2.99. The van der Waals surface area contributed by atoms with E-state index in [4.69, 9.17) is 4.74 Å². The summed E-state index contributed by atoms with van der Waals surface area (Å²) in [5.74, 6) is -0.315. The highest BCUT2D eigenvalue weighted by Crippen LogP contribution is 2.12. The lowest BCUT2D eigenvalue weighted by Crippen LogP contribution is -2.01. The van der Waals surface area contributed by atoms with Gasteiger partial charge in [0.25, 0.3) is 0 Å². The Hall–Kier alpha value is -0.643. The van der Waals surface area contributed by atoms with Crippen molar-refractivity contribution >= 4 is 15.5 Å². The van der Waals surface area contributed by atoms with Crippen LogP contribution in [0, 0.1) is 0 Å². The highest BCUT2D eigenvalue weighted by atomic mass is 28.2. The second-order valence-electron chi connectivity index (χ2n) is 6.01. The van der Waals surface area contributed by atoms with Gasteiger partial charge in [-0.1, -0.05) is 83.3 Å². The van der Waals surface area contributed by atoms with Crippen LogP contribution in [0.5, 0.6) is 0 Å². The molecule has 0 N–H and O–H groups in total. The zero-order chi connectivity index (χ0) is 16.3. The van der Waals surface area contributed by atoms with E-state index in [1.807, 2.05) is 0 Å². The Bertz CT molecular complexity index is 259. The first-order valence-electron chi connectivity index (χ1n) is 9.16. The van der Waals surface area contributed by atoms with Crippen LogP contribution in [-0.2, 0) is 9.53 Å². The highest BCUT2D eigenvalue weighted by Gasteiger charge is 1.96. The van der Waals surface area contributed by atoms with Gasteiger partial charge in [-0.15, -0.1) is 0 Å². The maximum absolute atomic E-state index is 11.9. The molecule has 0 aliphatic carbocycles. The van der Waals surface area contributed by atoms with Crippen LogP contribution in [0.4, 0.5) is 4.39 Å². The van der Waals surface area contributed by atoms with Gasteiger partial charge in [0.1, 0.15) is 0 Å². The van der Waals surface area contributed by atoms with E-state index in [1.54, 1.807) is 0 Å². The minimum absolute atomic E-state index is 0.0139. The van der Waals surface area contributed by atoms with Crippen molar-refractivity contribution in [1.29, 1.82) is 0 Å². The largest absolute Gasteiger partial charge is 0.463 e. The van der Waals surface area contributed by atoms with Crippen LogP contribution in [0.1, 0.15) is 77.0 Å². The molecule has 4 heteroatoms. The molecule has 130 valence electrons. The quantitative estimate of drug-likeness (QED) is 0.164. The average molecular weight is 331 g/mol. The number of ether oxygens (including phenoxy) is 1. The fraction of sp³-hybridized carbons (Fsp3) is 0.833. The molecule has 0 rings (SSSR count). The van der Waals surface area contributed by atoms with Gasteiger partial charge in [0.05, 0.1) is 22.4 Å². The minimum atomic E-state index is -0.341. The summed E-state index contributed by atoms with van der Waals surface area (Å²) in [6.07, 6.45) is 16.5. The number of carbonyl (C=O) groups excluding carboxylic acids is 1. The topological polar surface area (TPSA) is 26.3 Å². The van der Waals surface area contributed by atoms with Gasteiger partial charge in [0, 0.05) is 6.08 Å². The van der Waals surface area contributed by atoms with E-state index in [9.17, 15) is 9.18 Å². The lowest BCUT2D eigenvalue weighted by Gasteiger charge is -2.03. The van der Waals surface area contributed by atoms with Gasteiger partial charge < -0.3 is 4.74 Å². The van der Waals surface area contributed by atoms with E-state index in [-0.39, 0.29) is 21.8 Å². The summed E-state index contributed by atoms with van der Waals surface area (Å²) < 4.78 is 16.9. The number of carbonyl (C=O) groups is 1. The summed E-state index contributed by atoms with van der Waals surface area (Å²) in [5, 5.41) is 0. The van der Waals surface area contributed by atoms with Crippen LogP contribution in [-0.4, -0.2) is 28.4 Å². The summed E-state index contributed by atoms with van der Waals surface area (Å²) in [5.41, 5.74) is 0. The standard InChI is InChI=1S/C18H35FO2Si/c1-2-18(20)21-15-13-11-9-7-5-3-4-6-8-10-12-14-16-22-17-19/h2H,1,3-17,22H2. The first-order chi connectivity index (χ1) is 10.8. The number of hydrogen-bond acceptors (Lipinski definition) is 2. The van der Waals surface area contributed by atoms with Crippen LogP contribution in [0.25, 0.3) is 0 Å². The number of esters is 1. The zero-order valence-electron chi connectivity index (χ0n) is 14.3. The van der Waals surface area contributed by atoms with Crippen molar-refractivity contribution in [2.45, 2.75) is 83.1 Å². The maximum atomic E-state index is 11.9. The van der Waals surface area contributed by atoms with Crippen molar-refractivity contribution in [1.82, 2.24) is 0 Å². The molecule has 0 saturated carbocycles. The van der Waals surface area contributed by atoms with Crippen molar-refractivity contribution in [3.05, 3.63) is 12.7 Å². The third kappa shape index (κ3) is 17.4. The second kappa shape index (κ2) is 18.4. The van der Waals surface area contributed by atoms with Crippen molar-refractivity contribution in [2.75, 3.05) is 12.9 Å². The molecule has 0 atom stereocenters. The van der Waals surface area contributed by atoms with Gasteiger partial charge >= 0.3 is 5.97 Å². The summed E-state index contributed by atoms with van der Waals surface area (Å²) in [6.45, 7) is 3.89. The van der Waals surface area contributed by atoms with Gasteiger partial charge in [-0.2, -0.15) is 0 Å². The van der Waals surface area contributed by atoms with Gasteiger partial charge in [-0.05, 0) is 6.42 Å². The summed E-state index contributed by atoms with van der Waals surface area (Å²) in [4.78, 5) is 10.8. The lowest BCUT2D eigenvalue weighted by molar-refractivity contribution is -0.137. The van der Waals surface area contributed by atoms with Crippen LogP contribution < -0.4 is 0 Å². The smallest absolute Gasteiger partial charge is 0.330 e. The van der Waals surface area contributed by atoms with Crippen LogP contribution >= 0.6 is 0 Å². The molecule has 0 fully saturated rings. The van der Waals surface area contributed by atoms with E-state index >= 15 is 0 Å². The predicted molar refractivity (Wildman–Crippen MR) is 95.9 cm³/mol. The fourth-order valence-corrected chi connectivity index (χ4v) is 3.45. The molecule has 0 bridgehead atoms. The zero-order valence-corrected chi connectivity index (χ0v) is 15.7. The molecule has 0 aliphatic rings. The summed E-state index contributed by atoms with van der Waals surface area (Å²) in [6, 6.07) is 1.20. The number of alkyl halides is 1. The van der Waals surface area contributed by atoms with Crippen LogP contribution in [0.15, 0.2) is 12.7 Å². The van der Waals surface area contributed by atoms with Crippen molar-refractivity contribution in [3.8, 4) is 0 Å². The van der Waals surface area contributed by atoms with E-state index in [1.165, 1.54) is 76.3 Å². The molecule has 0 unspecified atom stereocenters. The molecular weight excluding hydrogens is 295 g/mol. The van der Waals surface area contributed by atoms with Crippen LogP contribution in [0.2, 0.25) is 6.04 Å². The van der Waals surface area contributed by atoms with Crippen molar-refractivity contribution in [2.24, 2.45) is 0 Å². The fourth-order valence-electron chi connectivity index (χ4n) is 2.55. The average Bonchev–Trinajstić information content (AvgIpc) is 2.54. The Kier molecular flexibility index (Phi) is 17.9. The number of unbranched alkanes of at least 4 members (excludes halogenated alkanes) is 11. The third-order valence-corrected chi connectivity index (χ3v) is 5.21. The summed E-state index contributed by atoms with van der Waals surface area (Å²) >= 11 is 0. The SMILES string of the molecule is C=CC(=O)OCCCCCCCCCCCCCC[SiH2]CF. The van der Waals surface area contributed by atoms with Crippen LogP contribution in [0.3, 0.4) is 0 Å². The molecule has 0 radical (unpaired) electrons. The number of rotatable bonds is 17. The molecule has 0 aromatic carbocycles. The van der Waals surface area contributed by atoms with Gasteiger partial charge in [0.2, 0.25) is 0 Å². The molecular formula is C18H35FO2Si. The molecule has 0 aromatic rings. The molecule has 0 amide bonds. The van der Waals surface area contributed by atoms with Crippen molar-refractivity contribution in [3.63, 3.8) is 0 Å². The molecule has 0 saturated heterocycles. The van der Waals surface area contributed by atoms with E-state index in [0.717, 1.165) is 12.8 Å². The Labute approximate surface area is 138 Å². The minimum Gasteiger partial charge on any atom is -0.463 e. The van der Waals surface area contributed by atoms with E-state index in [2.05, 4.69) is 6.58 Å². The normalized spacial score (nSPS) is 11.1. The molecule has 22 heavy (non-hydrogen) atoms. The van der Waals surface area contributed by atoms with Gasteiger partial charge in [-0.25, -0.2) is 4.79 Å². The first-order valence-corrected chi connectivity index (χ1v) is 11.2. The van der Waals surface area contributed by atoms with Crippen molar-refractivity contribution < 1.29 is 13.9 Å².